The topological polar surface area (TPSA) is 68.1 Å². The minimum absolute atomic E-state index is 0.0774. The van der Waals surface area contributed by atoms with E-state index in [1.807, 2.05) is 18.8 Å². The molecule has 1 aliphatic rings. The molecular formula is C21H26N6OS. The van der Waals surface area contributed by atoms with Crippen LogP contribution in [0.1, 0.15) is 22.9 Å². The van der Waals surface area contributed by atoms with Gasteiger partial charge >= 0.3 is 0 Å². The maximum atomic E-state index is 6.22. The number of ether oxygens (including phenoxy) is 1. The van der Waals surface area contributed by atoms with Gasteiger partial charge in [0.25, 0.3) is 0 Å². The molecule has 0 amide bonds. The third-order valence-electron chi connectivity index (χ3n) is 5.06. The van der Waals surface area contributed by atoms with E-state index in [0.717, 1.165) is 39.8 Å². The highest BCUT2D eigenvalue weighted by Crippen LogP contribution is 2.28. The van der Waals surface area contributed by atoms with Crippen molar-refractivity contribution in [1.29, 1.82) is 0 Å². The Labute approximate surface area is 175 Å². The second kappa shape index (κ2) is 8.52. The van der Waals surface area contributed by atoms with Gasteiger partial charge in [-0.3, -0.25) is 5.32 Å². The number of rotatable bonds is 6. The van der Waals surface area contributed by atoms with Crippen LogP contribution in [0.4, 0.5) is 5.69 Å². The number of thioether (sulfide) groups is 1. The SMILES string of the molecule is Cc1cccc(C)c1-n1nnnc1SC[C@H]1CN[C@H](c2ccc(N(C)C)cc2)O1. The molecule has 0 radical (unpaired) electrons. The van der Waals surface area contributed by atoms with Crippen molar-refractivity contribution in [2.45, 2.75) is 31.3 Å². The Bertz CT molecular complexity index is 951. The summed E-state index contributed by atoms with van der Waals surface area (Å²) in [5, 5.41) is 16.6. The number of hydrogen-bond donors (Lipinski definition) is 1. The lowest BCUT2D eigenvalue weighted by Gasteiger charge is -2.16. The molecule has 0 saturated carbocycles. The van der Waals surface area contributed by atoms with Crippen LogP contribution in [0.3, 0.4) is 0 Å². The Balaban J connectivity index is 1.40. The van der Waals surface area contributed by atoms with Crippen molar-refractivity contribution in [1.82, 2.24) is 25.5 Å². The maximum Gasteiger partial charge on any atom is 0.214 e. The Hall–Kier alpha value is -2.42. The molecule has 2 atom stereocenters. The Morgan fingerprint density at radius 2 is 1.86 bits per heavy atom. The molecule has 4 rings (SSSR count). The first kappa shape index (κ1) is 19.9. The summed E-state index contributed by atoms with van der Waals surface area (Å²) >= 11 is 1.62. The maximum absolute atomic E-state index is 6.22. The van der Waals surface area contributed by atoms with E-state index in [2.05, 4.69) is 82.1 Å². The van der Waals surface area contributed by atoms with Crippen molar-refractivity contribution in [2.24, 2.45) is 0 Å². The summed E-state index contributed by atoms with van der Waals surface area (Å²) in [6.45, 7) is 4.96. The van der Waals surface area contributed by atoms with Gasteiger partial charge in [-0.1, -0.05) is 42.1 Å². The van der Waals surface area contributed by atoms with Crippen LogP contribution in [-0.2, 0) is 4.74 Å². The lowest BCUT2D eigenvalue weighted by molar-refractivity contribution is 0.0534. The predicted molar refractivity (Wildman–Crippen MR) is 116 cm³/mol. The molecule has 29 heavy (non-hydrogen) atoms. The fourth-order valence-corrected chi connectivity index (χ4v) is 4.36. The summed E-state index contributed by atoms with van der Waals surface area (Å²) in [5.74, 6) is 0.782. The number of nitrogens with zero attached hydrogens (tertiary/aromatic N) is 5. The molecule has 0 spiro atoms. The number of aryl methyl sites for hydroxylation is 2. The smallest absolute Gasteiger partial charge is 0.214 e. The van der Waals surface area contributed by atoms with Crippen molar-refractivity contribution >= 4 is 17.4 Å². The molecule has 7 nitrogen and oxygen atoms in total. The Morgan fingerprint density at radius 3 is 2.55 bits per heavy atom. The summed E-state index contributed by atoms with van der Waals surface area (Å²) in [7, 11) is 4.08. The summed E-state index contributed by atoms with van der Waals surface area (Å²) < 4.78 is 8.04. The van der Waals surface area contributed by atoms with Crippen LogP contribution < -0.4 is 10.2 Å². The fourth-order valence-electron chi connectivity index (χ4n) is 3.49. The minimum atomic E-state index is -0.0774. The van der Waals surface area contributed by atoms with Crippen molar-refractivity contribution in [3.05, 3.63) is 59.2 Å². The second-order valence-corrected chi connectivity index (χ2v) is 8.44. The van der Waals surface area contributed by atoms with E-state index >= 15 is 0 Å². The third kappa shape index (κ3) is 4.29. The molecular weight excluding hydrogens is 384 g/mol. The van der Waals surface area contributed by atoms with E-state index < -0.39 is 0 Å². The van der Waals surface area contributed by atoms with E-state index in [9.17, 15) is 0 Å². The van der Waals surface area contributed by atoms with Gasteiger partial charge in [-0.2, -0.15) is 4.68 Å². The van der Waals surface area contributed by atoms with Crippen molar-refractivity contribution in [2.75, 3.05) is 31.3 Å². The number of hydrogen-bond acceptors (Lipinski definition) is 7. The predicted octanol–water partition coefficient (Wildman–Crippen LogP) is 3.12. The first-order valence-corrected chi connectivity index (χ1v) is 10.7. The van der Waals surface area contributed by atoms with E-state index in [4.69, 9.17) is 4.74 Å². The second-order valence-electron chi connectivity index (χ2n) is 7.46. The van der Waals surface area contributed by atoms with Crippen LogP contribution in [0, 0.1) is 13.8 Å². The highest BCUT2D eigenvalue weighted by atomic mass is 32.2. The van der Waals surface area contributed by atoms with E-state index in [1.54, 1.807) is 11.8 Å². The number of nitrogens with one attached hydrogen (secondary N) is 1. The number of tetrazole rings is 1. The lowest BCUT2D eigenvalue weighted by atomic mass is 10.1. The van der Waals surface area contributed by atoms with E-state index in [1.165, 1.54) is 5.69 Å². The van der Waals surface area contributed by atoms with Crippen LogP contribution in [0.2, 0.25) is 0 Å². The summed E-state index contributed by atoms with van der Waals surface area (Å²) in [5.41, 5.74) is 5.67. The van der Waals surface area contributed by atoms with Crippen LogP contribution in [-0.4, -0.2) is 52.7 Å². The zero-order chi connectivity index (χ0) is 20.4. The van der Waals surface area contributed by atoms with Crippen molar-refractivity contribution in [3.63, 3.8) is 0 Å². The molecule has 0 bridgehead atoms. The first-order chi connectivity index (χ1) is 14.0. The minimum Gasteiger partial charge on any atom is -0.378 e. The van der Waals surface area contributed by atoms with E-state index in [0.29, 0.717) is 0 Å². The molecule has 1 aliphatic heterocycles. The molecule has 1 fully saturated rings. The average Bonchev–Trinajstić information content (AvgIpc) is 3.36. The molecule has 8 heteroatoms. The Morgan fingerprint density at radius 1 is 1.14 bits per heavy atom. The van der Waals surface area contributed by atoms with Gasteiger partial charge in [0, 0.05) is 32.1 Å². The van der Waals surface area contributed by atoms with Gasteiger partial charge in [0.15, 0.2) is 0 Å². The summed E-state index contributed by atoms with van der Waals surface area (Å²) in [6, 6.07) is 14.7. The van der Waals surface area contributed by atoms with Crippen LogP contribution in [0.5, 0.6) is 0 Å². The number of aromatic nitrogens is 4. The molecule has 1 N–H and O–H groups in total. The monoisotopic (exact) mass is 410 g/mol. The van der Waals surface area contributed by atoms with Gasteiger partial charge in [-0.05, 0) is 53.1 Å². The number of benzene rings is 2. The average molecular weight is 411 g/mol. The van der Waals surface area contributed by atoms with Gasteiger partial charge in [0.2, 0.25) is 5.16 Å². The Kier molecular flexibility index (Phi) is 5.84. The standard InChI is InChI=1S/C21H26N6OS/c1-14-6-5-7-15(2)19(14)27-21(23-24-25-27)29-13-18-12-22-20(28-18)16-8-10-17(11-9-16)26(3)4/h5-11,18,20,22H,12-13H2,1-4H3/t18-,20+/m1/s1. The zero-order valence-corrected chi connectivity index (χ0v) is 18.0. The normalized spacial score (nSPS) is 18.9. The fraction of sp³-hybridized carbons (Fsp3) is 0.381. The van der Waals surface area contributed by atoms with Gasteiger partial charge in [-0.25, -0.2) is 0 Å². The molecule has 152 valence electrons. The van der Waals surface area contributed by atoms with Gasteiger partial charge in [0.05, 0.1) is 11.8 Å². The molecule has 3 aromatic rings. The zero-order valence-electron chi connectivity index (χ0n) is 17.2. The van der Waals surface area contributed by atoms with E-state index in [-0.39, 0.29) is 12.3 Å². The molecule has 0 aliphatic carbocycles. The quantitative estimate of drug-likeness (QED) is 0.626. The summed E-state index contributed by atoms with van der Waals surface area (Å²) in [6.07, 6.45) is 0.0214. The molecule has 2 aromatic carbocycles. The number of anilines is 1. The summed E-state index contributed by atoms with van der Waals surface area (Å²) in [4.78, 5) is 2.09. The molecule has 2 heterocycles. The highest BCUT2D eigenvalue weighted by Gasteiger charge is 2.27. The van der Waals surface area contributed by atoms with Crippen molar-refractivity contribution < 1.29 is 4.74 Å². The first-order valence-electron chi connectivity index (χ1n) is 9.67. The third-order valence-corrected chi connectivity index (χ3v) is 6.11. The largest absolute Gasteiger partial charge is 0.378 e. The molecule has 0 unspecified atom stereocenters. The highest BCUT2D eigenvalue weighted by molar-refractivity contribution is 7.99. The van der Waals surface area contributed by atoms with Gasteiger partial charge in [-0.15, -0.1) is 5.10 Å². The van der Waals surface area contributed by atoms with Crippen LogP contribution in [0.15, 0.2) is 47.6 Å². The lowest BCUT2D eigenvalue weighted by Crippen LogP contribution is -2.17. The number of para-hydroxylation sites is 1. The molecule has 1 aromatic heterocycles. The van der Waals surface area contributed by atoms with Crippen LogP contribution in [0.25, 0.3) is 5.69 Å². The van der Waals surface area contributed by atoms with Gasteiger partial charge < -0.3 is 9.64 Å². The molecule has 1 saturated heterocycles. The van der Waals surface area contributed by atoms with Crippen molar-refractivity contribution in [3.8, 4) is 5.69 Å². The van der Waals surface area contributed by atoms with Gasteiger partial charge in [0.1, 0.15) is 6.23 Å². The van der Waals surface area contributed by atoms with Crippen LogP contribution >= 0.6 is 11.8 Å².